The van der Waals surface area contributed by atoms with Gasteiger partial charge in [0.1, 0.15) is 11.6 Å². The Labute approximate surface area is 116 Å². The predicted molar refractivity (Wildman–Crippen MR) is 77.9 cm³/mol. The smallest absolute Gasteiger partial charge is 0.124 e. The van der Waals surface area contributed by atoms with Crippen molar-refractivity contribution in [3.8, 4) is 5.75 Å². The number of benzene rings is 1. The zero-order valence-electron chi connectivity index (χ0n) is 12.5. The summed E-state index contributed by atoms with van der Waals surface area (Å²) in [6.07, 6.45) is 2.26. The van der Waals surface area contributed by atoms with Crippen LogP contribution in [-0.2, 0) is 6.54 Å². The van der Waals surface area contributed by atoms with Gasteiger partial charge in [0.25, 0.3) is 0 Å². The Balaban J connectivity index is 2.68. The Bertz CT molecular complexity index is 379. The lowest BCUT2D eigenvalue weighted by atomic mass is 10.1. The van der Waals surface area contributed by atoms with Crippen molar-refractivity contribution in [3.05, 3.63) is 29.6 Å². The lowest BCUT2D eigenvalue weighted by Crippen LogP contribution is -2.20. The highest BCUT2D eigenvalue weighted by Gasteiger charge is 2.09. The molecule has 1 rings (SSSR count). The highest BCUT2D eigenvalue weighted by molar-refractivity contribution is 5.34. The molecule has 0 aliphatic rings. The summed E-state index contributed by atoms with van der Waals surface area (Å²) in [5.41, 5.74) is 0.892. The number of hydrogen-bond donors (Lipinski definition) is 1. The minimum absolute atomic E-state index is 0.166. The molecule has 0 amide bonds. The summed E-state index contributed by atoms with van der Waals surface area (Å²) in [5, 5.41) is 3.33. The third kappa shape index (κ3) is 6.06. The van der Waals surface area contributed by atoms with Crippen molar-refractivity contribution in [3.63, 3.8) is 0 Å². The van der Waals surface area contributed by atoms with Crippen LogP contribution in [0, 0.1) is 11.7 Å². The second kappa shape index (κ2) is 8.16. The van der Waals surface area contributed by atoms with Crippen molar-refractivity contribution in [2.45, 2.75) is 53.2 Å². The number of ether oxygens (including phenoxy) is 1. The van der Waals surface area contributed by atoms with E-state index in [1.807, 2.05) is 0 Å². The molecule has 1 aromatic rings. The second-order valence-electron chi connectivity index (χ2n) is 5.49. The highest BCUT2D eigenvalue weighted by Crippen LogP contribution is 2.22. The molecule has 108 valence electrons. The fourth-order valence-electron chi connectivity index (χ4n) is 1.98. The summed E-state index contributed by atoms with van der Waals surface area (Å²) in [7, 11) is 0. The molecule has 0 heterocycles. The summed E-state index contributed by atoms with van der Waals surface area (Å²) in [4.78, 5) is 0. The van der Waals surface area contributed by atoms with Crippen LogP contribution in [0.4, 0.5) is 4.39 Å². The van der Waals surface area contributed by atoms with Crippen molar-refractivity contribution < 1.29 is 9.13 Å². The van der Waals surface area contributed by atoms with Gasteiger partial charge in [0, 0.05) is 12.1 Å². The molecule has 0 aliphatic heterocycles. The Morgan fingerprint density at radius 3 is 2.63 bits per heavy atom. The Kier molecular flexibility index (Phi) is 6.85. The standard InChI is InChI=1S/C16H26FNO/c1-5-6-13(4)19-16-8-7-15(17)9-14(16)11-18-10-12(2)3/h7-9,12-13,18H,5-6,10-11H2,1-4H3. The van der Waals surface area contributed by atoms with Gasteiger partial charge in [-0.05, 0) is 44.0 Å². The molecule has 0 spiro atoms. The zero-order valence-corrected chi connectivity index (χ0v) is 12.5. The van der Waals surface area contributed by atoms with Crippen LogP contribution in [0.2, 0.25) is 0 Å². The van der Waals surface area contributed by atoms with E-state index in [9.17, 15) is 4.39 Å². The van der Waals surface area contributed by atoms with E-state index in [4.69, 9.17) is 4.74 Å². The van der Waals surface area contributed by atoms with Gasteiger partial charge < -0.3 is 10.1 Å². The van der Waals surface area contributed by atoms with E-state index < -0.39 is 0 Å². The van der Waals surface area contributed by atoms with Crippen LogP contribution in [0.1, 0.15) is 46.1 Å². The first kappa shape index (κ1) is 16.0. The molecular formula is C16H26FNO. The molecule has 19 heavy (non-hydrogen) atoms. The zero-order chi connectivity index (χ0) is 14.3. The van der Waals surface area contributed by atoms with Gasteiger partial charge in [-0.2, -0.15) is 0 Å². The van der Waals surface area contributed by atoms with Crippen molar-refractivity contribution in [1.29, 1.82) is 0 Å². The van der Waals surface area contributed by atoms with Crippen LogP contribution < -0.4 is 10.1 Å². The van der Waals surface area contributed by atoms with Crippen molar-refractivity contribution in [1.82, 2.24) is 5.32 Å². The maximum absolute atomic E-state index is 13.3. The van der Waals surface area contributed by atoms with E-state index in [0.29, 0.717) is 12.5 Å². The normalized spacial score (nSPS) is 12.7. The quantitative estimate of drug-likeness (QED) is 0.764. The van der Waals surface area contributed by atoms with Gasteiger partial charge >= 0.3 is 0 Å². The van der Waals surface area contributed by atoms with E-state index in [-0.39, 0.29) is 11.9 Å². The van der Waals surface area contributed by atoms with Crippen LogP contribution in [0.15, 0.2) is 18.2 Å². The van der Waals surface area contributed by atoms with Crippen LogP contribution >= 0.6 is 0 Å². The van der Waals surface area contributed by atoms with E-state index >= 15 is 0 Å². The molecule has 1 N–H and O–H groups in total. The minimum Gasteiger partial charge on any atom is -0.490 e. The Hall–Kier alpha value is -1.09. The Morgan fingerprint density at radius 1 is 1.26 bits per heavy atom. The van der Waals surface area contributed by atoms with E-state index in [1.165, 1.54) is 6.07 Å². The summed E-state index contributed by atoms with van der Waals surface area (Å²) < 4.78 is 19.2. The fraction of sp³-hybridized carbons (Fsp3) is 0.625. The first-order chi connectivity index (χ1) is 9.02. The molecular weight excluding hydrogens is 241 g/mol. The molecule has 0 aliphatic carbocycles. The van der Waals surface area contributed by atoms with Crippen molar-refractivity contribution >= 4 is 0 Å². The monoisotopic (exact) mass is 267 g/mol. The third-order valence-electron chi connectivity index (χ3n) is 2.91. The van der Waals surface area contributed by atoms with Gasteiger partial charge in [-0.1, -0.05) is 27.2 Å². The van der Waals surface area contributed by atoms with Crippen LogP contribution in [0.3, 0.4) is 0 Å². The highest BCUT2D eigenvalue weighted by atomic mass is 19.1. The molecule has 0 aromatic heterocycles. The third-order valence-corrected chi connectivity index (χ3v) is 2.91. The summed E-state index contributed by atoms with van der Waals surface area (Å²) in [5.74, 6) is 1.16. The number of hydrogen-bond acceptors (Lipinski definition) is 2. The van der Waals surface area contributed by atoms with Crippen LogP contribution in [-0.4, -0.2) is 12.6 Å². The average Bonchev–Trinajstić information content (AvgIpc) is 2.32. The fourth-order valence-corrected chi connectivity index (χ4v) is 1.98. The molecule has 0 bridgehead atoms. The first-order valence-electron chi connectivity index (χ1n) is 7.18. The molecule has 1 atom stereocenters. The SMILES string of the molecule is CCCC(C)Oc1ccc(F)cc1CNCC(C)C. The lowest BCUT2D eigenvalue weighted by Gasteiger charge is -2.17. The predicted octanol–water partition coefficient (Wildman–Crippen LogP) is 4.14. The van der Waals surface area contributed by atoms with Crippen molar-refractivity contribution in [2.75, 3.05) is 6.54 Å². The summed E-state index contributed by atoms with van der Waals surface area (Å²) in [6, 6.07) is 4.75. The molecule has 0 radical (unpaired) electrons. The maximum atomic E-state index is 13.3. The topological polar surface area (TPSA) is 21.3 Å². The van der Waals surface area contributed by atoms with Gasteiger partial charge in [0.05, 0.1) is 6.10 Å². The first-order valence-corrected chi connectivity index (χ1v) is 7.18. The maximum Gasteiger partial charge on any atom is 0.124 e. The molecule has 0 fully saturated rings. The van der Waals surface area contributed by atoms with E-state index in [1.54, 1.807) is 12.1 Å². The molecule has 1 unspecified atom stereocenters. The largest absolute Gasteiger partial charge is 0.490 e. The van der Waals surface area contributed by atoms with Gasteiger partial charge in [0.2, 0.25) is 0 Å². The van der Waals surface area contributed by atoms with Gasteiger partial charge in [-0.25, -0.2) is 4.39 Å². The number of halogens is 1. The molecule has 1 aromatic carbocycles. The number of rotatable bonds is 8. The van der Waals surface area contributed by atoms with Crippen molar-refractivity contribution in [2.24, 2.45) is 5.92 Å². The molecule has 0 saturated heterocycles. The van der Waals surface area contributed by atoms with Crippen LogP contribution in [0.5, 0.6) is 5.75 Å². The summed E-state index contributed by atoms with van der Waals surface area (Å²) >= 11 is 0. The lowest BCUT2D eigenvalue weighted by molar-refractivity contribution is 0.207. The Morgan fingerprint density at radius 2 is 2.00 bits per heavy atom. The van der Waals surface area contributed by atoms with Crippen LogP contribution in [0.25, 0.3) is 0 Å². The second-order valence-corrected chi connectivity index (χ2v) is 5.49. The molecule has 2 nitrogen and oxygen atoms in total. The molecule has 0 saturated carbocycles. The summed E-state index contributed by atoms with van der Waals surface area (Å²) in [6.45, 7) is 10.1. The van der Waals surface area contributed by atoms with E-state index in [0.717, 1.165) is 30.7 Å². The van der Waals surface area contributed by atoms with Gasteiger partial charge in [-0.15, -0.1) is 0 Å². The van der Waals surface area contributed by atoms with E-state index in [2.05, 4.69) is 33.0 Å². The average molecular weight is 267 g/mol. The molecule has 3 heteroatoms. The van der Waals surface area contributed by atoms with Gasteiger partial charge in [0.15, 0.2) is 0 Å². The van der Waals surface area contributed by atoms with Gasteiger partial charge in [-0.3, -0.25) is 0 Å². The minimum atomic E-state index is -0.211. The number of nitrogens with one attached hydrogen (secondary N) is 1.